The maximum atomic E-state index is 12.2. The minimum absolute atomic E-state index is 0.0956. The molecule has 0 aliphatic carbocycles. The summed E-state index contributed by atoms with van der Waals surface area (Å²) in [5.41, 5.74) is 2.29. The van der Waals surface area contributed by atoms with E-state index in [1.165, 1.54) is 6.42 Å². The van der Waals surface area contributed by atoms with Crippen LogP contribution >= 0.6 is 0 Å². The molecule has 0 saturated carbocycles. The number of rotatable bonds is 6. The van der Waals surface area contributed by atoms with Crippen LogP contribution in [0.3, 0.4) is 0 Å². The van der Waals surface area contributed by atoms with Crippen molar-refractivity contribution in [2.45, 2.75) is 40.0 Å². The number of nitrogens with one attached hydrogen (secondary N) is 1. The lowest BCUT2D eigenvalue weighted by Gasteiger charge is -2.08. The molecule has 0 aliphatic heterocycles. The van der Waals surface area contributed by atoms with Gasteiger partial charge in [-0.05, 0) is 37.0 Å². The van der Waals surface area contributed by atoms with E-state index in [1.807, 2.05) is 19.1 Å². The van der Waals surface area contributed by atoms with E-state index in [9.17, 15) is 4.79 Å². The van der Waals surface area contributed by atoms with E-state index >= 15 is 0 Å². The molecule has 0 spiro atoms. The van der Waals surface area contributed by atoms with Crippen molar-refractivity contribution in [3.8, 4) is 11.8 Å². The zero-order chi connectivity index (χ0) is 15.7. The zero-order valence-corrected chi connectivity index (χ0v) is 13.2. The first-order valence-corrected chi connectivity index (χ1v) is 7.53. The highest BCUT2D eigenvalue weighted by atomic mass is 16.2. The summed E-state index contributed by atoms with van der Waals surface area (Å²) in [5.74, 6) is 6.05. The van der Waals surface area contributed by atoms with Crippen LogP contribution in [0.25, 0.3) is 0 Å². The Morgan fingerprint density at radius 1 is 1.33 bits per heavy atom. The second-order valence-electron chi connectivity index (χ2n) is 5.65. The second-order valence-corrected chi connectivity index (χ2v) is 5.65. The molecule has 0 radical (unpaired) electrons. The van der Waals surface area contributed by atoms with E-state index < -0.39 is 0 Å². The molecule has 1 rings (SSSR count). The third-order valence-electron chi connectivity index (χ3n) is 3.22. The normalized spacial score (nSPS) is 10.1. The van der Waals surface area contributed by atoms with E-state index in [0.717, 1.165) is 18.4 Å². The molecule has 1 amide bonds. The Labute approximate surface area is 127 Å². The van der Waals surface area contributed by atoms with Gasteiger partial charge in [-0.2, -0.15) is 0 Å². The highest BCUT2D eigenvalue weighted by molar-refractivity contribution is 5.96. The van der Waals surface area contributed by atoms with Crippen molar-refractivity contribution < 1.29 is 9.90 Å². The van der Waals surface area contributed by atoms with Crippen molar-refractivity contribution in [2.75, 3.05) is 13.2 Å². The Hall–Kier alpha value is -1.79. The standard InChI is InChI=1S/C18H25NO2/c1-14(2)7-4-5-11-19-18(21)17-10-9-15(3)13-16(17)8-6-12-20/h9-10,13-14,20H,4-5,7,11-12H2,1-3H3,(H,19,21). The number of carbonyl (C=O) groups excluding carboxylic acids is 1. The Kier molecular flexibility index (Phi) is 7.56. The quantitative estimate of drug-likeness (QED) is 0.624. The fourth-order valence-corrected chi connectivity index (χ4v) is 2.07. The number of aliphatic hydroxyl groups excluding tert-OH is 1. The predicted octanol–water partition coefficient (Wildman–Crippen LogP) is 2.89. The number of unbranched alkanes of at least 4 members (excludes halogenated alkanes) is 1. The van der Waals surface area contributed by atoms with Crippen LogP contribution in [0.2, 0.25) is 0 Å². The lowest BCUT2D eigenvalue weighted by atomic mass is 10.0. The smallest absolute Gasteiger partial charge is 0.252 e. The van der Waals surface area contributed by atoms with Crippen molar-refractivity contribution in [1.82, 2.24) is 5.32 Å². The van der Waals surface area contributed by atoms with E-state index in [0.29, 0.717) is 23.6 Å². The molecule has 0 unspecified atom stereocenters. The van der Waals surface area contributed by atoms with Crippen LogP contribution in [-0.2, 0) is 0 Å². The molecule has 3 heteroatoms. The van der Waals surface area contributed by atoms with Crippen LogP contribution in [0, 0.1) is 24.7 Å². The third-order valence-corrected chi connectivity index (χ3v) is 3.22. The number of benzene rings is 1. The van der Waals surface area contributed by atoms with E-state index in [4.69, 9.17) is 5.11 Å². The van der Waals surface area contributed by atoms with Crippen LogP contribution in [0.1, 0.15) is 54.6 Å². The minimum Gasteiger partial charge on any atom is -0.384 e. The first-order chi connectivity index (χ1) is 10.0. The van der Waals surface area contributed by atoms with Gasteiger partial charge in [-0.25, -0.2) is 0 Å². The molecule has 1 aromatic carbocycles. The highest BCUT2D eigenvalue weighted by Gasteiger charge is 2.09. The van der Waals surface area contributed by atoms with E-state index in [2.05, 4.69) is 31.0 Å². The van der Waals surface area contributed by atoms with Gasteiger partial charge in [0.05, 0.1) is 5.56 Å². The molecule has 2 N–H and O–H groups in total. The van der Waals surface area contributed by atoms with Gasteiger partial charge < -0.3 is 10.4 Å². The Bertz CT molecular complexity index is 524. The first kappa shape index (κ1) is 17.3. The molecule has 0 fully saturated rings. The molecule has 0 bridgehead atoms. The molecular formula is C18H25NO2. The molecule has 114 valence electrons. The van der Waals surface area contributed by atoms with E-state index in [-0.39, 0.29) is 12.5 Å². The molecule has 0 atom stereocenters. The highest BCUT2D eigenvalue weighted by Crippen LogP contribution is 2.11. The van der Waals surface area contributed by atoms with Gasteiger partial charge in [-0.1, -0.05) is 44.6 Å². The van der Waals surface area contributed by atoms with Crippen LogP contribution in [0.4, 0.5) is 0 Å². The van der Waals surface area contributed by atoms with Crippen LogP contribution in [-0.4, -0.2) is 24.2 Å². The summed E-state index contributed by atoms with van der Waals surface area (Å²) < 4.78 is 0. The monoisotopic (exact) mass is 287 g/mol. The molecule has 3 nitrogen and oxygen atoms in total. The molecule has 0 aliphatic rings. The van der Waals surface area contributed by atoms with Crippen LogP contribution in [0.15, 0.2) is 18.2 Å². The maximum absolute atomic E-state index is 12.2. The van der Waals surface area contributed by atoms with Crippen molar-refractivity contribution in [3.05, 3.63) is 34.9 Å². The van der Waals surface area contributed by atoms with Crippen LogP contribution in [0.5, 0.6) is 0 Å². The maximum Gasteiger partial charge on any atom is 0.252 e. The van der Waals surface area contributed by atoms with Crippen molar-refractivity contribution in [1.29, 1.82) is 0 Å². The number of aryl methyl sites for hydroxylation is 1. The number of amides is 1. The number of hydrogen-bond donors (Lipinski definition) is 2. The van der Waals surface area contributed by atoms with E-state index in [1.54, 1.807) is 6.07 Å². The Balaban J connectivity index is 2.61. The van der Waals surface area contributed by atoms with Gasteiger partial charge >= 0.3 is 0 Å². The molecule has 0 saturated heterocycles. The summed E-state index contributed by atoms with van der Waals surface area (Å²) in [6.45, 7) is 6.85. The molecule has 21 heavy (non-hydrogen) atoms. The summed E-state index contributed by atoms with van der Waals surface area (Å²) in [5, 5.41) is 11.7. The third kappa shape index (κ3) is 6.46. The topological polar surface area (TPSA) is 49.3 Å². The number of carbonyl (C=O) groups is 1. The fraction of sp³-hybridized carbons (Fsp3) is 0.500. The van der Waals surface area contributed by atoms with Gasteiger partial charge in [0.25, 0.3) is 5.91 Å². The lowest BCUT2D eigenvalue weighted by molar-refractivity contribution is 0.0952. The van der Waals surface area contributed by atoms with Gasteiger partial charge in [-0.3, -0.25) is 4.79 Å². The summed E-state index contributed by atoms with van der Waals surface area (Å²) in [6, 6.07) is 5.56. The largest absolute Gasteiger partial charge is 0.384 e. The molecule has 0 heterocycles. The van der Waals surface area contributed by atoms with Gasteiger partial charge in [0.2, 0.25) is 0 Å². The van der Waals surface area contributed by atoms with Crippen molar-refractivity contribution in [3.63, 3.8) is 0 Å². The van der Waals surface area contributed by atoms with Crippen molar-refractivity contribution in [2.24, 2.45) is 5.92 Å². The average molecular weight is 287 g/mol. The molecule has 1 aromatic rings. The Morgan fingerprint density at radius 3 is 2.76 bits per heavy atom. The summed E-state index contributed by atoms with van der Waals surface area (Å²) in [7, 11) is 0. The molecule has 0 aromatic heterocycles. The second kappa shape index (κ2) is 9.20. The van der Waals surface area contributed by atoms with Gasteiger partial charge in [-0.15, -0.1) is 0 Å². The number of hydrogen-bond acceptors (Lipinski definition) is 2. The van der Waals surface area contributed by atoms with Gasteiger partial charge in [0, 0.05) is 12.1 Å². The zero-order valence-electron chi connectivity index (χ0n) is 13.2. The first-order valence-electron chi connectivity index (χ1n) is 7.53. The molecular weight excluding hydrogens is 262 g/mol. The summed E-state index contributed by atoms with van der Waals surface area (Å²) in [4.78, 5) is 12.2. The average Bonchev–Trinajstić information content (AvgIpc) is 2.44. The van der Waals surface area contributed by atoms with Gasteiger partial charge in [0.15, 0.2) is 0 Å². The Morgan fingerprint density at radius 2 is 2.10 bits per heavy atom. The predicted molar refractivity (Wildman–Crippen MR) is 86.2 cm³/mol. The summed E-state index contributed by atoms with van der Waals surface area (Å²) in [6.07, 6.45) is 3.31. The SMILES string of the molecule is Cc1ccc(C(=O)NCCCCC(C)C)c(C#CCO)c1. The summed E-state index contributed by atoms with van der Waals surface area (Å²) >= 11 is 0. The van der Waals surface area contributed by atoms with Crippen molar-refractivity contribution >= 4 is 5.91 Å². The fourth-order valence-electron chi connectivity index (χ4n) is 2.07. The van der Waals surface area contributed by atoms with Gasteiger partial charge in [0.1, 0.15) is 6.61 Å². The number of aliphatic hydroxyl groups is 1. The van der Waals surface area contributed by atoms with Crippen LogP contribution < -0.4 is 5.32 Å². The minimum atomic E-state index is -0.204. The lowest BCUT2D eigenvalue weighted by Crippen LogP contribution is -2.25.